The SMILES string of the molecule is O=C(Nc1ccc(-c2nc3ccc([N+](=O)[O-])cc3[nH]2)cc1)[C@@H]1CCCN1. The maximum absolute atomic E-state index is 12.1. The average Bonchev–Trinajstić information content (AvgIpc) is 3.31. The summed E-state index contributed by atoms with van der Waals surface area (Å²) in [5.41, 5.74) is 2.85. The minimum absolute atomic E-state index is 0.0197. The number of fused-ring (bicyclic) bond motifs is 1. The van der Waals surface area contributed by atoms with Gasteiger partial charge in [0, 0.05) is 23.4 Å². The second-order valence-electron chi connectivity index (χ2n) is 6.26. The van der Waals surface area contributed by atoms with E-state index in [1.807, 2.05) is 24.3 Å². The van der Waals surface area contributed by atoms with Gasteiger partial charge in [-0.2, -0.15) is 0 Å². The fraction of sp³-hybridized carbons (Fsp3) is 0.222. The summed E-state index contributed by atoms with van der Waals surface area (Å²) in [7, 11) is 0. The normalized spacial score (nSPS) is 16.7. The van der Waals surface area contributed by atoms with Crippen molar-refractivity contribution in [2.24, 2.45) is 0 Å². The molecule has 0 aliphatic carbocycles. The van der Waals surface area contributed by atoms with E-state index in [4.69, 9.17) is 0 Å². The number of aromatic amines is 1. The molecule has 0 unspecified atom stereocenters. The van der Waals surface area contributed by atoms with Crippen LogP contribution in [0.1, 0.15) is 12.8 Å². The molecular formula is C18H17N5O3. The van der Waals surface area contributed by atoms with Gasteiger partial charge in [-0.3, -0.25) is 14.9 Å². The minimum Gasteiger partial charge on any atom is -0.338 e. The molecule has 26 heavy (non-hydrogen) atoms. The molecule has 1 aliphatic heterocycles. The van der Waals surface area contributed by atoms with Crippen molar-refractivity contribution in [1.29, 1.82) is 0 Å². The number of nitrogens with one attached hydrogen (secondary N) is 3. The molecule has 1 fully saturated rings. The molecule has 3 N–H and O–H groups in total. The van der Waals surface area contributed by atoms with E-state index in [0.717, 1.165) is 30.6 Å². The van der Waals surface area contributed by atoms with Crippen LogP contribution in [0.5, 0.6) is 0 Å². The number of hydrogen-bond acceptors (Lipinski definition) is 5. The first-order valence-corrected chi connectivity index (χ1v) is 8.39. The van der Waals surface area contributed by atoms with E-state index in [-0.39, 0.29) is 17.6 Å². The Morgan fingerprint density at radius 2 is 2.04 bits per heavy atom. The van der Waals surface area contributed by atoms with Crippen LogP contribution in [0, 0.1) is 10.1 Å². The van der Waals surface area contributed by atoms with Gasteiger partial charge in [-0.05, 0) is 49.7 Å². The number of rotatable bonds is 4. The van der Waals surface area contributed by atoms with Crippen LogP contribution in [-0.2, 0) is 4.79 Å². The Morgan fingerprint density at radius 1 is 1.23 bits per heavy atom. The highest BCUT2D eigenvalue weighted by atomic mass is 16.6. The molecule has 0 saturated carbocycles. The molecule has 4 rings (SSSR count). The van der Waals surface area contributed by atoms with Crippen molar-refractivity contribution < 1.29 is 9.72 Å². The van der Waals surface area contributed by atoms with Crippen molar-refractivity contribution in [3.8, 4) is 11.4 Å². The van der Waals surface area contributed by atoms with E-state index >= 15 is 0 Å². The molecule has 3 aromatic rings. The molecule has 132 valence electrons. The summed E-state index contributed by atoms with van der Waals surface area (Å²) in [6, 6.07) is 11.7. The Balaban J connectivity index is 1.53. The first kappa shape index (κ1) is 16.2. The Bertz CT molecular complexity index is 974. The minimum atomic E-state index is -0.434. The third-order valence-electron chi connectivity index (χ3n) is 4.48. The van der Waals surface area contributed by atoms with Crippen molar-refractivity contribution >= 4 is 28.3 Å². The Morgan fingerprint density at radius 3 is 2.73 bits per heavy atom. The summed E-state index contributed by atoms with van der Waals surface area (Å²) >= 11 is 0. The van der Waals surface area contributed by atoms with Gasteiger partial charge in [-0.15, -0.1) is 0 Å². The van der Waals surface area contributed by atoms with Crippen molar-refractivity contribution in [3.63, 3.8) is 0 Å². The zero-order valence-corrected chi connectivity index (χ0v) is 13.9. The highest BCUT2D eigenvalue weighted by Crippen LogP contribution is 2.25. The van der Waals surface area contributed by atoms with Gasteiger partial charge in [0.25, 0.3) is 5.69 Å². The largest absolute Gasteiger partial charge is 0.338 e. The molecular weight excluding hydrogens is 334 g/mol. The zero-order chi connectivity index (χ0) is 18.1. The number of benzene rings is 2. The molecule has 8 heteroatoms. The number of carbonyl (C=O) groups is 1. The fourth-order valence-corrected chi connectivity index (χ4v) is 3.10. The van der Waals surface area contributed by atoms with Crippen molar-refractivity contribution in [3.05, 3.63) is 52.6 Å². The standard InChI is InChI=1S/C18H17N5O3/c24-18(15-2-1-9-19-15)20-12-5-3-11(4-6-12)17-21-14-8-7-13(23(25)26)10-16(14)22-17/h3-8,10,15,19H,1-2,9H2,(H,20,24)(H,21,22)/t15-/m0/s1. The van der Waals surface area contributed by atoms with Crippen LogP contribution in [-0.4, -0.2) is 33.4 Å². The van der Waals surface area contributed by atoms with Crippen LogP contribution >= 0.6 is 0 Å². The van der Waals surface area contributed by atoms with Gasteiger partial charge in [0.15, 0.2) is 0 Å². The van der Waals surface area contributed by atoms with Crippen LogP contribution in [0.25, 0.3) is 22.4 Å². The molecule has 1 amide bonds. The first-order valence-electron chi connectivity index (χ1n) is 8.39. The number of imidazole rings is 1. The Kier molecular flexibility index (Phi) is 4.10. The number of anilines is 1. The molecule has 0 bridgehead atoms. The number of nitro groups is 1. The van der Waals surface area contributed by atoms with Crippen LogP contribution in [0.15, 0.2) is 42.5 Å². The van der Waals surface area contributed by atoms with Crippen LogP contribution in [0.2, 0.25) is 0 Å². The van der Waals surface area contributed by atoms with E-state index < -0.39 is 4.92 Å². The monoisotopic (exact) mass is 351 g/mol. The summed E-state index contributed by atoms with van der Waals surface area (Å²) in [6.45, 7) is 0.876. The van der Waals surface area contributed by atoms with E-state index in [9.17, 15) is 14.9 Å². The molecule has 0 radical (unpaired) electrons. The van der Waals surface area contributed by atoms with Gasteiger partial charge in [-0.1, -0.05) is 0 Å². The highest BCUT2D eigenvalue weighted by molar-refractivity contribution is 5.95. The topological polar surface area (TPSA) is 113 Å². The number of amides is 1. The van der Waals surface area contributed by atoms with Gasteiger partial charge >= 0.3 is 0 Å². The van der Waals surface area contributed by atoms with Gasteiger partial charge in [0.05, 0.1) is 22.0 Å². The summed E-state index contributed by atoms with van der Waals surface area (Å²) in [5.74, 6) is 0.599. The molecule has 2 heterocycles. The smallest absolute Gasteiger partial charge is 0.271 e. The van der Waals surface area contributed by atoms with Crippen molar-refractivity contribution in [2.75, 3.05) is 11.9 Å². The fourth-order valence-electron chi connectivity index (χ4n) is 3.10. The number of non-ortho nitro benzene ring substituents is 1. The number of H-pyrrole nitrogens is 1. The van der Waals surface area contributed by atoms with Gasteiger partial charge in [-0.25, -0.2) is 4.98 Å². The van der Waals surface area contributed by atoms with Crippen LogP contribution in [0.4, 0.5) is 11.4 Å². The van der Waals surface area contributed by atoms with Gasteiger partial charge < -0.3 is 15.6 Å². The third kappa shape index (κ3) is 3.14. The Hall–Kier alpha value is -3.26. The zero-order valence-electron chi connectivity index (χ0n) is 13.9. The third-order valence-corrected chi connectivity index (χ3v) is 4.48. The molecule has 1 saturated heterocycles. The lowest BCUT2D eigenvalue weighted by Gasteiger charge is -2.11. The maximum Gasteiger partial charge on any atom is 0.271 e. The van der Waals surface area contributed by atoms with E-state index in [0.29, 0.717) is 16.9 Å². The average molecular weight is 351 g/mol. The lowest BCUT2D eigenvalue weighted by atomic mass is 10.1. The highest BCUT2D eigenvalue weighted by Gasteiger charge is 2.21. The van der Waals surface area contributed by atoms with Gasteiger partial charge in [0.1, 0.15) is 5.82 Å². The lowest BCUT2D eigenvalue weighted by molar-refractivity contribution is -0.384. The Labute approximate surface area is 148 Å². The quantitative estimate of drug-likeness (QED) is 0.494. The number of nitrogens with zero attached hydrogens (tertiary/aromatic N) is 2. The number of nitro benzene ring substituents is 1. The summed E-state index contributed by atoms with van der Waals surface area (Å²) in [5, 5.41) is 16.9. The summed E-state index contributed by atoms with van der Waals surface area (Å²) < 4.78 is 0. The predicted octanol–water partition coefficient (Wildman–Crippen LogP) is 2.83. The number of carbonyl (C=O) groups excluding carboxylic acids is 1. The molecule has 8 nitrogen and oxygen atoms in total. The van der Waals surface area contributed by atoms with E-state index in [1.54, 1.807) is 6.07 Å². The van der Waals surface area contributed by atoms with E-state index in [1.165, 1.54) is 12.1 Å². The first-order chi connectivity index (χ1) is 12.6. The van der Waals surface area contributed by atoms with Crippen molar-refractivity contribution in [1.82, 2.24) is 15.3 Å². The van der Waals surface area contributed by atoms with Crippen LogP contribution in [0.3, 0.4) is 0 Å². The summed E-state index contributed by atoms with van der Waals surface area (Å²) in [4.78, 5) is 30.1. The number of hydrogen-bond donors (Lipinski definition) is 3. The van der Waals surface area contributed by atoms with Gasteiger partial charge in [0.2, 0.25) is 5.91 Å². The maximum atomic E-state index is 12.1. The lowest BCUT2D eigenvalue weighted by Crippen LogP contribution is -2.35. The molecule has 0 spiro atoms. The second-order valence-corrected chi connectivity index (χ2v) is 6.26. The second kappa shape index (κ2) is 6.57. The predicted molar refractivity (Wildman–Crippen MR) is 97.8 cm³/mol. The number of aromatic nitrogens is 2. The molecule has 2 aromatic carbocycles. The molecule has 1 aromatic heterocycles. The van der Waals surface area contributed by atoms with E-state index in [2.05, 4.69) is 20.6 Å². The molecule has 1 aliphatic rings. The van der Waals surface area contributed by atoms with Crippen LogP contribution < -0.4 is 10.6 Å². The summed E-state index contributed by atoms with van der Waals surface area (Å²) in [6.07, 6.45) is 1.87. The van der Waals surface area contributed by atoms with Crippen molar-refractivity contribution in [2.45, 2.75) is 18.9 Å². The molecule has 1 atom stereocenters.